The second kappa shape index (κ2) is 5.99. The first-order valence-corrected chi connectivity index (χ1v) is 7.03. The van der Waals surface area contributed by atoms with E-state index >= 15 is 0 Å². The van der Waals surface area contributed by atoms with Crippen LogP contribution in [0, 0.1) is 5.82 Å². The standard InChI is InChI=1S/C16H17FN2O2/c17-13-3-5-14(6-4-13)18-7-9-19(10-8-18)16(20)12-15-2-1-11-21-15/h1-6,11H,7-10,12H2. The lowest BCUT2D eigenvalue weighted by atomic mass is 10.2. The third-order valence-corrected chi connectivity index (χ3v) is 3.73. The molecule has 0 spiro atoms. The number of furan rings is 1. The molecule has 1 aliphatic rings. The molecule has 0 N–H and O–H groups in total. The minimum atomic E-state index is -0.231. The summed E-state index contributed by atoms with van der Waals surface area (Å²) >= 11 is 0. The molecule has 1 amide bonds. The number of rotatable bonds is 3. The first-order chi connectivity index (χ1) is 10.2. The van der Waals surface area contributed by atoms with Crippen LogP contribution in [0.3, 0.4) is 0 Å². The Morgan fingerprint density at radius 2 is 1.81 bits per heavy atom. The van der Waals surface area contributed by atoms with E-state index in [1.807, 2.05) is 11.0 Å². The number of amides is 1. The Bertz CT molecular complexity index is 587. The molecule has 0 aliphatic carbocycles. The van der Waals surface area contributed by atoms with Crippen molar-refractivity contribution in [1.29, 1.82) is 0 Å². The van der Waals surface area contributed by atoms with Crippen LogP contribution in [0.2, 0.25) is 0 Å². The molecule has 0 bridgehead atoms. The first kappa shape index (κ1) is 13.7. The molecule has 1 saturated heterocycles. The summed E-state index contributed by atoms with van der Waals surface area (Å²) < 4.78 is 18.1. The van der Waals surface area contributed by atoms with E-state index in [9.17, 15) is 9.18 Å². The molecule has 4 nitrogen and oxygen atoms in total. The normalized spacial score (nSPS) is 15.3. The molecule has 21 heavy (non-hydrogen) atoms. The van der Waals surface area contributed by atoms with Crippen molar-refractivity contribution in [2.75, 3.05) is 31.1 Å². The van der Waals surface area contributed by atoms with Gasteiger partial charge in [-0.3, -0.25) is 4.79 Å². The maximum absolute atomic E-state index is 12.9. The molecule has 0 unspecified atom stereocenters. The van der Waals surface area contributed by atoms with Gasteiger partial charge in [0.05, 0.1) is 12.7 Å². The zero-order valence-corrected chi connectivity index (χ0v) is 11.7. The van der Waals surface area contributed by atoms with Gasteiger partial charge in [0.25, 0.3) is 0 Å². The number of anilines is 1. The topological polar surface area (TPSA) is 36.7 Å². The second-order valence-corrected chi connectivity index (χ2v) is 5.10. The molecule has 0 saturated carbocycles. The van der Waals surface area contributed by atoms with Gasteiger partial charge in [0.1, 0.15) is 11.6 Å². The molecule has 5 heteroatoms. The van der Waals surface area contributed by atoms with Gasteiger partial charge in [-0.1, -0.05) is 0 Å². The molecule has 2 heterocycles. The van der Waals surface area contributed by atoms with Gasteiger partial charge >= 0.3 is 0 Å². The molecule has 0 atom stereocenters. The van der Waals surface area contributed by atoms with Crippen molar-refractivity contribution >= 4 is 11.6 Å². The number of hydrogen-bond donors (Lipinski definition) is 0. The van der Waals surface area contributed by atoms with Gasteiger partial charge in [0.15, 0.2) is 0 Å². The number of carbonyl (C=O) groups is 1. The van der Waals surface area contributed by atoms with Crippen molar-refractivity contribution in [3.8, 4) is 0 Å². The van der Waals surface area contributed by atoms with E-state index in [0.29, 0.717) is 25.3 Å². The Kier molecular flexibility index (Phi) is 3.90. The van der Waals surface area contributed by atoms with Crippen molar-refractivity contribution in [2.24, 2.45) is 0 Å². The summed E-state index contributed by atoms with van der Waals surface area (Å²) in [6.45, 7) is 2.87. The highest BCUT2D eigenvalue weighted by Gasteiger charge is 2.21. The van der Waals surface area contributed by atoms with E-state index in [0.717, 1.165) is 18.8 Å². The van der Waals surface area contributed by atoms with Gasteiger partial charge in [0.2, 0.25) is 5.91 Å². The number of benzene rings is 1. The van der Waals surface area contributed by atoms with Crippen LogP contribution in [-0.2, 0) is 11.2 Å². The highest BCUT2D eigenvalue weighted by Crippen LogP contribution is 2.17. The fraction of sp³-hybridized carbons (Fsp3) is 0.312. The summed E-state index contributed by atoms with van der Waals surface area (Å²) in [6.07, 6.45) is 1.89. The Morgan fingerprint density at radius 3 is 2.43 bits per heavy atom. The van der Waals surface area contributed by atoms with Crippen molar-refractivity contribution in [3.63, 3.8) is 0 Å². The number of hydrogen-bond acceptors (Lipinski definition) is 3. The third kappa shape index (κ3) is 3.24. The SMILES string of the molecule is O=C(Cc1ccco1)N1CCN(c2ccc(F)cc2)CC1. The van der Waals surface area contributed by atoms with Crippen LogP contribution in [0.1, 0.15) is 5.76 Å². The predicted molar refractivity (Wildman–Crippen MR) is 77.6 cm³/mol. The zero-order chi connectivity index (χ0) is 14.7. The van der Waals surface area contributed by atoms with Gasteiger partial charge in [0, 0.05) is 31.9 Å². The Morgan fingerprint density at radius 1 is 1.10 bits per heavy atom. The van der Waals surface area contributed by atoms with E-state index in [1.54, 1.807) is 24.5 Å². The van der Waals surface area contributed by atoms with Crippen LogP contribution in [0.4, 0.5) is 10.1 Å². The highest BCUT2D eigenvalue weighted by molar-refractivity contribution is 5.78. The lowest BCUT2D eigenvalue weighted by molar-refractivity contribution is -0.131. The molecule has 3 rings (SSSR count). The fourth-order valence-electron chi connectivity index (χ4n) is 2.54. The Balaban J connectivity index is 1.55. The Hall–Kier alpha value is -2.30. The maximum atomic E-state index is 12.9. The van der Waals surface area contributed by atoms with Crippen molar-refractivity contribution in [3.05, 3.63) is 54.2 Å². The largest absolute Gasteiger partial charge is 0.469 e. The molecule has 0 radical (unpaired) electrons. The van der Waals surface area contributed by atoms with Gasteiger partial charge in [-0.2, -0.15) is 0 Å². The van der Waals surface area contributed by atoms with E-state index in [-0.39, 0.29) is 11.7 Å². The number of halogens is 1. The molecule has 1 fully saturated rings. The number of nitrogens with zero attached hydrogens (tertiary/aromatic N) is 2. The summed E-state index contributed by atoms with van der Waals surface area (Å²) in [6, 6.07) is 10.1. The van der Waals surface area contributed by atoms with Crippen LogP contribution in [0.5, 0.6) is 0 Å². The monoisotopic (exact) mass is 288 g/mol. The van der Waals surface area contributed by atoms with Gasteiger partial charge in [-0.25, -0.2) is 4.39 Å². The molecule has 1 aliphatic heterocycles. The van der Waals surface area contributed by atoms with Gasteiger partial charge in [-0.15, -0.1) is 0 Å². The molecular formula is C16H17FN2O2. The van der Waals surface area contributed by atoms with Crippen molar-refractivity contribution in [1.82, 2.24) is 4.90 Å². The number of piperazine rings is 1. The van der Waals surface area contributed by atoms with E-state index < -0.39 is 0 Å². The first-order valence-electron chi connectivity index (χ1n) is 7.03. The molecular weight excluding hydrogens is 271 g/mol. The second-order valence-electron chi connectivity index (χ2n) is 5.10. The van der Waals surface area contributed by atoms with Crippen LogP contribution >= 0.6 is 0 Å². The Labute approximate surface area is 122 Å². The quantitative estimate of drug-likeness (QED) is 0.869. The van der Waals surface area contributed by atoms with Crippen LogP contribution in [0.25, 0.3) is 0 Å². The summed E-state index contributed by atoms with van der Waals surface area (Å²) in [7, 11) is 0. The molecule has 1 aromatic heterocycles. The lowest BCUT2D eigenvalue weighted by Crippen LogP contribution is -2.49. The van der Waals surface area contributed by atoms with Crippen LogP contribution in [-0.4, -0.2) is 37.0 Å². The van der Waals surface area contributed by atoms with Crippen molar-refractivity contribution < 1.29 is 13.6 Å². The zero-order valence-electron chi connectivity index (χ0n) is 11.7. The lowest BCUT2D eigenvalue weighted by Gasteiger charge is -2.36. The van der Waals surface area contributed by atoms with E-state index in [1.165, 1.54) is 12.1 Å². The molecule has 1 aromatic carbocycles. The summed E-state index contributed by atoms with van der Waals surface area (Å²) in [5, 5.41) is 0. The minimum absolute atomic E-state index is 0.0868. The van der Waals surface area contributed by atoms with Crippen LogP contribution in [0.15, 0.2) is 47.1 Å². The fourth-order valence-corrected chi connectivity index (χ4v) is 2.54. The maximum Gasteiger partial charge on any atom is 0.230 e. The smallest absolute Gasteiger partial charge is 0.230 e. The average molecular weight is 288 g/mol. The van der Waals surface area contributed by atoms with Gasteiger partial charge < -0.3 is 14.2 Å². The van der Waals surface area contributed by atoms with Crippen molar-refractivity contribution in [2.45, 2.75) is 6.42 Å². The average Bonchev–Trinajstić information content (AvgIpc) is 3.01. The minimum Gasteiger partial charge on any atom is -0.469 e. The predicted octanol–water partition coefficient (Wildman–Crippen LogP) is 2.31. The summed E-state index contributed by atoms with van der Waals surface area (Å²) in [5.41, 5.74) is 0.995. The molecule has 2 aromatic rings. The third-order valence-electron chi connectivity index (χ3n) is 3.73. The number of carbonyl (C=O) groups excluding carboxylic acids is 1. The highest BCUT2D eigenvalue weighted by atomic mass is 19.1. The summed E-state index contributed by atoms with van der Waals surface area (Å²) in [5.74, 6) is 0.552. The van der Waals surface area contributed by atoms with E-state index in [2.05, 4.69) is 4.90 Å². The van der Waals surface area contributed by atoms with E-state index in [4.69, 9.17) is 4.42 Å². The van der Waals surface area contributed by atoms with Crippen LogP contribution < -0.4 is 4.90 Å². The van der Waals surface area contributed by atoms with Gasteiger partial charge in [-0.05, 0) is 36.4 Å². The molecule has 110 valence electrons. The summed E-state index contributed by atoms with van der Waals surface area (Å²) in [4.78, 5) is 16.2.